The van der Waals surface area contributed by atoms with Crippen LogP contribution in [-0.2, 0) is 0 Å². The third kappa shape index (κ3) is 2.17. The zero-order valence-corrected chi connectivity index (χ0v) is 13.6. The van der Waals surface area contributed by atoms with Crippen LogP contribution in [0.3, 0.4) is 0 Å². The maximum atomic E-state index is 3.72. The van der Waals surface area contributed by atoms with Gasteiger partial charge in [-0.1, -0.05) is 48.2 Å². The van der Waals surface area contributed by atoms with E-state index in [4.69, 9.17) is 0 Å². The number of anilines is 3. The molecule has 0 radical (unpaired) electrons. The number of benzene rings is 3. The molecular formula is C18H12BrNS. The number of fused-ring (bicyclic) bond motifs is 2. The van der Waals surface area contributed by atoms with Crippen LogP contribution in [0.15, 0.2) is 87.1 Å². The summed E-state index contributed by atoms with van der Waals surface area (Å²) in [7, 11) is 0. The summed E-state index contributed by atoms with van der Waals surface area (Å²) in [5.41, 5.74) is 3.62. The maximum Gasteiger partial charge on any atom is 0.0743 e. The molecular weight excluding hydrogens is 342 g/mol. The number of para-hydroxylation sites is 3. The van der Waals surface area contributed by atoms with E-state index in [-0.39, 0.29) is 0 Å². The Morgan fingerprint density at radius 3 is 2.29 bits per heavy atom. The number of halogens is 1. The molecule has 3 aromatic carbocycles. The van der Waals surface area contributed by atoms with E-state index in [0.717, 1.165) is 4.47 Å². The Bertz CT molecular complexity index is 801. The van der Waals surface area contributed by atoms with Gasteiger partial charge < -0.3 is 4.90 Å². The van der Waals surface area contributed by atoms with Gasteiger partial charge in [0.15, 0.2) is 0 Å². The van der Waals surface area contributed by atoms with Crippen LogP contribution in [-0.4, -0.2) is 0 Å². The lowest BCUT2D eigenvalue weighted by molar-refractivity contribution is 1.16. The molecule has 3 heteroatoms. The second-order valence-electron chi connectivity index (χ2n) is 4.83. The summed E-state index contributed by atoms with van der Waals surface area (Å²) in [5, 5.41) is 0. The zero-order chi connectivity index (χ0) is 14.2. The summed E-state index contributed by atoms with van der Waals surface area (Å²) in [5.74, 6) is 0. The van der Waals surface area contributed by atoms with Crippen LogP contribution in [0.5, 0.6) is 0 Å². The number of hydrogen-bond donors (Lipinski definition) is 0. The first kappa shape index (κ1) is 13.0. The lowest BCUT2D eigenvalue weighted by Crippen LogP contribution is -2.15. The summed E-state index contributed by atoms with van der Waals surface area (Å²) in [4.78, 5) is 4.88. The quantitative estimate of drug-likeness (QED) is 0.390. The molecule has 1 nitrogen and oxygen atoms in total. The van der Waals surface area contributed by atoms with Crippen molar-refractivity contribution in [2.24, 2.45) is 0 Å². The smallest absolute Gasteiger partial charge is 0.0743 e. The first-order valence-electron chi connectivity index (χ1n) is 6.75. The van der Waals surface area contributed by atoms with Crippen molar-refractivity contribution < 1.29 is 0 Å². The Balaban J connectivity index is 2.01. The normalized spacial score (nSPS) is 12.7. The van der Waals surface area contributed by atoms with E-state index in [9.17, 15) is 0 Å². The van der Waals surface area contributed by atoms with Gasteiger partial charge in [0.25, 0.3) is 0 Å². The van der Waals surface area contributed by atoms with Crippen LogP contribution in [0.25, 0.3) is 0 Å². The third-order valence-electron chi connectivity index (χ3n) is 3.51. The molecule has 4 rings (SSSR count). The van der Waals surface area contributed by atoms with Crippen LogP contribution in [0.4, 0.5) is 17.1 Å². The first-order valence-corrected chi connectivity index (χ1v) is 8.36. The van der Waals surface area contributed by atoms with Crippen molar-refractivity contribution in [2.45, 2.75) is 9.79 Å². The molecule has 1 aliphatic heterocycles. The van der Waals surface area contributed by atoms with E-state index in [1.807, 2.05) is 11.8 Å². The standard InChI is InChI=1S/C18H12BrNS/c19-14-9-6-12-17-18(14)20(13-7-2-1-3-8-13)15-10-4-5-11-16(15)21-17/h1-12H. The molecule has 3 aromatic rings. The molecule has 0 N–H and O–H groups in total. The largest absolute Gasteiger partial charge is 0.307 e. The van der Waals surface area contributed by atoms with Crippen molar-refractivity contribution >= 4 is 44.8 Å². The lowest BCUT2D eigenvalue weighted by Gasteiger charge is -2.33. The predicted octanol–water partition coefficient (Wildman–Crippen LogP) is 6.38. The average molecular weight is 354 g/mol. The van der Waals surface area contributed by atoms with Crippen molar-refractivity contribution in [1.82, 2.24) is 0 Å². The molecule has 0 spiro atoms. The second kappa shape index (κ2) is 5.24. The minimum Gasteiger partial charge on any atom is -0.307 e. The molecule has 0 amide bonds. The van der Waals surface area contributed by atoms with E-state index in [1.54, 1.807) is 0 Å². The van der Waals surface area contributed by atoms with Crippen LogP contribution in [0.2, 0.25) is 0 Å². The Morgan fingerprint density at radius 1 is 0.714 bits per heavy atom. The van der Waals surface area contributed by atoms with Gasteiger partial charge in [0.2, 0.25) is 0 Å². The molecule has 1 aliphatic rings. The van der Waals surface area contributed by atoms with Crippen LogP contribution >= 0.6 is 27.7 Å². The fourth-order valence-corrected chi connectivity index (χ4v) is 4.37. The van der Waals surface area contributed by atoms with Gasteiger partial charge in [0.1, 0.15) is 0 Å². The van der Waals surface area contributed by atoms with Gasteiger partial charge in [-0.15, -0.1) is 0 Å². The first-order chi connectivity index (χ1) is 10.3. The number of hydrogen-bond acceptors (Lipinski definition) is 2. The molecule has 102 valence electrons. The van der Waals surface area contributed by atoms with E-state index >= 15 is 0 Å². The van der Waals surface area contributed by atoms with Gasteiger partial charge in [-0.2, -0.15) is 0 Å². The Hall–Kier alpha value is -1.71. The molecule has 0 aliphatic carbocycles. The maximum absolute atomic E-state index is 3.72. The fourth-order valence-electron chi connectivity index (χ4n) is 2.61. The summed E-state index contributed by atoms with van der Waals surface area (Å²) in [6, 6.07) is 25.4. The molecule has 0 atom stereocenters. The number of rotatable bonds is 1. The highest BCUT2D eigenvalue weighted by molar-refractivity contribution is 9.10. The minimum absolute atomic E-state index is 1.12. The van der Waals surface area contributed by atoms with Crippen molar-refractivity contribution in [3.05, 3.63) is 77.3 Å². The molecule has 0 aromatic heterocycles. The third-order valence-corrected chi connectivity index (χ3v) is 5.27. The summed E-state index contributed by atoms with van der Waals surface area (Å²) in [6.07, 6.45) is 0. The van der Waals surface area contributed by atoms with Crippen LogP contribution in [0.1, 0.15) is 0 Å². The van der Waals surface area contributed by atoms with E-state index in [1.165, 1.54) is 26.9 Å². The minimum atomic E-state index is 1.12. The van der Waals surface area contributed by atoms with E-state index in [0.29, 0.717) is 0 Å². The number of nitrogens with zero attached hydrogens (tertiary/aromatic N) is 1. The Labute approximate surface area is 136 Å². The molecule has 0 saturated heterocycles. The van der Waals surface area contributed by atoms with Crippen molar-refractivity contribution in [3.8, 4) is 0 Å². The van der Waals surface area contributed by atoms with Crippen LogP contribution in [0, 0.1) is 0 Å². The lowest BCUT2D eigenvalue weighted by atomic mass is 10.2. The molecule has 21 heavy (non-hydrogen) atoms. The average Bonchev–Trinajstić information content (AvgIpc) is 2.54. The van der Waals surface area contributed by atoms with Gasteiger partial charge in [-0.3, -0.25) is 0 Å². The molecule has 0 saturated carbocycles. The Morgan fingerprint density at radius 2 is 1.43 bits per heavy atom. The SMILES string of the molecule is Brc1cccc2c1N(c1ccccc1)c1ccccc1S2. The topological polar surface area (TPSA) is 3.24 Å². The van der Waals surface area contributed by atoms with Crippen molar-refractivity contribution in [3.63, 3.8) is 0 Å². The second-order valence-corrected chi connectivity index (χ2v) is 6.77. The highest BCUT2D eigenvalue weighted by atomic mass is 79.9. The van der Waals surface area contributed by atoms with Gasteiger partial charge >= 0.3 is 0 Å². The van der Waals surface area contributed by atoms with E-state index < -0.39 is 0 Å². The molecule has 0 bridgehead atoms. The predicted molar refractivity (Wildman–Crippen MR) is 92.9 cm³/mol. The zero-order valence-electron chi connectivity index (χ0n) is 11.2. The molecule has 0 unspecified atom stereocenters. The molecule has 1 heterocycles. The van der Waals surface area contributed by atoms with Gasteiger partial charge in [-0.05, 0) is 52.3 Å². The Kier molecular flexibility index (Phi) is 3.24. The monoisotopic (exact) mass is 353 g/mol. The highest BCUT2D eigenvalue weighted by Crippen LogP contribution is 2.53. The van der Waals surface area contributed by atoms with Gasteiger partial charge in [-0.25, -0.2) is 0 Å². The summed E-state index contributed by atoms with van der Waals surface area (Å²) < 4.78 is 1.12. The highest BCUT2D eigenvalue weighted by Gasteiger charge is 2.25. The van der Waals surface area contributed by atoms with Crippen LogP contribution < -0.4 is 4.90 Å². The molecule has 0 fully saturated rings. The van der Waals surface area contributed by atoms with Gasteiger partial charge in [0, 0.05) is 20.0 Å². The summed E-state index contributed by atoms with van der Waals surface area (Å²) >= 11 is 5.54. The fraction of sp³-hybridized carbons (Fsp3) is 0. The summed E-state index contributed by atoms with van der Waals surface area (Å²) in [6.45, 7) is 0. The van der Waals surface area contributed by atoms with E-state index in [2.05, 4.69) is 93.6 Å². The van der Waals surface area contributed by atoms with Crippen molar-refractivity contribution in [1.29, 1.82) is 0 Å². The van der Waals surface area contributed by atoms with Gasteiger partial charge in [0.05, 0.1) is 11.4 Å². The van der Waals surface area contributed by atoms with Crippen molar-refractivity contribution in [2.75, 3.05) is 4.90 Å².